The predicted molar refractivity (Wildman–Crippen MR) is 75.6 cm³/mol. The molecule has 0 aliphatic carbocycles. The van der Waals surface area contributed by atoms with Crippen LogP contribution in [0.2, 0.25) is 0 Å². The van der Waals surface area contributed by atoms with Crippen molar-refractivity contribution in [1.29, 1.82) is 0 Å². The maximum absolute atomic E-state index is 11.7. The molecule has 21 heavy (non-hydrogen) atoms. The highest BCUT2D eigenvalue weighted by molar-refractivity contribution is 6.38. The molecule has 0 bridgehead atoms. The smallest absolute Gasteiger partial charge is 0.354 e. The van der Waals surface area contributed by atoms with Crippen molar-refractivity contribution in [2.45, 2.75) is 19.4 Å². The van der Waals surface area contributed by atoms with Gasteiger partial charge in [-0.25, -0.2) is 14.6 Å². The summed E-state index contributed by atoms with van der Waals surface area (Å²) in [6.07, 6.45) is -0.00772. The Hall–Kier alpha value is -2.57. The van der Waals surface area contributed by atoms with E-state index < -0.39 is 18.0 Å². The number of nitrogens with zero attached hydrogens (tertiary/aromatic N) is 2. The summed E-state index contributed by atoms with van der Waals surface area (Å²) in [5, 5.41) is 14.7. The number of hydrogen-bond acceptors (Lipinski definition) is 6. The third-order valence-corrected chi connectivity index (χ3v) is 3.04. The largest absolute Gasteiger partial charge is 0.495 e. The number of carboxylic acid groups (broad SMARTS) is 1. The second kappa shape index (κ2) is 6.25. The number of benzene rings is 1. The lowest BCUT2D eigenvalue weighted by atomic mass is 10.1. The molecular weight excluding hydrogens is 276 g/mol. The number of methoxy groups -OCH3 is 1. The number of aliphatic carboxylic acids is 1. The van der Waals surface area contributed by atoms with Gasteiger partial charge in [0.05, 0.1) is 13.7 Å². The summed E-state index contributed by atoms with van der Waals surface area (Å²) < 4.78 is 10.1. The predicted octanol–water partition coefficient (Wildman–Crippen LogP) is 1.28. The lowest BCUT2D eigenvalue weighted by Crippen LogP contribution is -2.34. The van der Waals surface area contributed by atoms with Crippen LogP contribution in [0.15, 0.2) is 29.4 Å². The maximum Gasteiger partial charge on any atom is 0.354 e. The maximum atomic E-state index is 11.7. The molecule has 0 saturated carbocycles. The first-order chi connectivity index (χ1) is 10.1. The van der Waals surface area contributed by atoms with Gasteiger partial charge in [-0.05, 0) is 19.1 Å². The summed E-state index contributed by atoms with van der Waals surface area (Å²) in [6, 6.07) is 5.94. The van der Waals surface area contributed by atoms with Crippen LogP contribution < -0.4 is 9.75 Å². The molecule has 7 heteroatoms. The minimum absolute atomic E-state index is 0.00772. The van der Waals surface area contributed by atoms with Crippen LogP contribution in [-0.4, -0.2) is 42.5 Å². The molecule has 1 aromatic carbocycles. The number of hydrazone groups is 1. The molecule has 0 saturated heterocycles. The van der Waals surface area contributed by atoms with Gasteiger partial charge in [0, 0.05) is 6.42 Å². The zero-order valence-electron chi connectivity index (χ0n) is 11.8. The highest BCUT2D eigenvalue weighted by atomic mass is 16.5. The molecule has 112 valence electrons. The molecule has 1 N–H and O–H groups in total. The Morgan fingerprint density at radius 3 is 2.76 bits per heavy atom. The summed E-state index contributed by atoms with van der Waals surface area (Å²) >= 11 is 0. The molecule has 0 fully saturated rings. The van der Waals surface area contributed by atoms with E-state index in [0.717, 1.165) is 0 Å². The van der Waals surface area contributed by atoms with Crippen molar-refractivity contribution in [1.82, 2.24) is 0 Å². The van der Waals surface area contributed by atoms with Crippen LogP contribution in [-0.2, 0) is 14.3 Å². The number of carboxylic acids is 1. The fourth-order valence-corrected chi connectivity index (χ4v) is 2.08. The highest BCUT2D eigenvalue weighted by Crippen LogP contribution is 2.33. The van der Waals surface area contributed by atoms with Gasteiger partial charge in [0.25, 0.3) is 0 Å². The minimum Gasteiger partial charge on any atom is -0.495 e. The number of esters is 1. The number of para-hydroxylation sites is 2. The fraction of sp³-hybridized carbons (Fsp3) is 0.357. The topological polar surface area (TPSA) is 88.4 Å². The van der Waals surface area contributed by atoms with E-state index >= 15 is 0 Å². The molecule has 0 amide bonds. The standard InChI is InChI=1S/C14H16N2O5/c1-3-21-14(19)9-8-11(13(17)18)16(15-9)10-6-4-5-7-12(10)20-2/h4-7,11H,3,8H2,1-2H3,(H,17,18)/t11-/m0/s1. The van der Waals surface area contributed by atoms with E-state index in [1.54, 1.807) is 31.2 Å². The summed E-state index contributed by atoms with van der Waals surface area (Å²) in [5.74, 6) is -1.18. The average Bonchev–Trinajstić information content (AvgIpc) is 2.92. The highest BCUT2D eigenvalue weighted by Gasteiger charge is 2.37. The molecule has 0 unspecified atom stereocenters. The molecule has 1 aliphatic rings. The first kappa shape index (κ1) is 14.8. The van der Waals surface area contributed by atoms with Crippen molar-refractivity contribution in [2.75, 3.05) is 18.7 Å². The van der Waals surface area contributed by atoms with Crippen LogP contribution in [0.4, 0.5) is 5.69 Å². The van der Waals surface area contributed by atoms with Gasteiger partial charge in [-0.2, -0.15) is 5.10 Å². The van der Waals surface area contributed by atoms with E-state index in [1.165, 1.54) is 12.1 Å². The summed E-state index contributed by atoms with van der Waals surface area (Å²) in [4.78, 5) is 23.1. The molecule has 1 heterocycles. The fourth-order valence-electron chi connectivity index (χ4n) is 2.08. The Balaban J connectivity index is 2.37. The normalized spacial score (nSPS) is 17.3. The van der Waals surface area contributed by atoms with E-state index in [4.69, 9.17) is 9.47 Å². The second-order valence-corrected chi connectivity index (χ2v) is 4.34. The Morgan fingerprint density at radius 1 is 1.43 bits per heavy atom. The van der Waals surface area contributed by atoms with Crippen molar-refractivity contribution < 1.29 is 24.2 Å². The number of carbonyl (C=O) groups is 2. The van der Waals surface area contributed by atoms with E-state index in [-0.39, 0.29) is 18.7 Å². The van der Waals surface area contributed by atoms with Gasteiger partial charge in [0.15, 0.2) is 6.04 Å². The van der Waals surface area contributed by atoms with Gasteiger partial charge >= 0.3 is 11.9 Å². The van der Waals surface area contributed by atoms with Crippen LogP contribution in [0.3, 0.4) is 0 Å². The van der Waals surface area contributed by atoms with Gasteiger partial charge in [-0.3, -0.25) is 0 Å². The van der Waals surface area contributed by atoms with Crippen LogP contribution in [0, 0.1) is 0 Å². The Labute approximate surface area is 121 Å². The van der Waals surface area contributed by atoms with E-state index in [9.17, 15) is 14.7 Å². The molecule has 1 aromatic rings. The average molecular weight is 292 g/mol. The molecule has 0 radical (unpaired) electrons. The first-order valence-corrected chi connectivity index (χ1v) is 6.48. The Morgan fingerprint density at radius 2 is 2.14 bits per heavy atom. The second-order valence-electron chi connectivity index (χ2n) is 4.34. The van der Waals surface area contributed by atoms with Gasteiger partial charge in [-0.15, -0.1) is 0 Å². The van der Waals surface area contributed by atoms with Gasteiger partial charge in [-0.1, -0.05) is 12.1 Å². The SMILES string of the molecule is CCOC(=O)C1=NN(c2ccccc2OC)[C@H](C(=O)O)C1. The van der Waals surface area contributed by atoms with Crippen LogP contribution in [0.1, 0.15) is 13.3 Å². The van der Waals surface area contributed by atoms with E-state index in [0.29, 0.717) is 11.4 Å². The number of ether oxygens (including phenoxy) is 2. The van der Waals surface area contributed by atoms with Crippen LogP contribution in [0.25, 0.3) is 0 Å². The Bertz CT molecular complexity index is 584. The molecule has 1 atom stereocenters. The van der Waals surface area contributed by atoms with E-state index in [2.05, 4.69) is 5.10 Å². The Kier molecular flexibility index (Phi) is 4.42. The number of carbonyl (C=O) groups excluding carboxylic acids is 1. The minimum atomic E-state index is -1.07. The van der Waals surface area contributed by atoms with Crippen LogP contribution in [0.5, 0.6) is 5.75 Å². The van der Waals surface area contributed by atoms with Crippen LogP contribution >= 0.6 is 0 Å². The summed E-state index contributed by atoms with van der Waals surface area (Å²) in [6.45, 7) is 1.89. The molecule has 0 spiro atoms. The van der Waals surface area contributed by atoms with Gasteiger partial charge < -0.3 is 14.6 Å². The first-order valence-electron chi connectivity index (χ1n) is 6.48. The molecule has 7 nitrogen and oxygen atoms in total. The van der Waals surface area contributed by atoms with Crippen molar-refractivity contribution in [3.63, 3.8) is 0 Å². The third-order valence-electron chi connectivity index (χ3n) is 3.04. The lowest BCUT2D eigenvalue weighted by molar-refractivity contribution is -0.138. The quantitative estimate of drug-likeness (QED) is 0.822. The summed E-state index contributed by atoms with van der Waals surface area (Å²) in [7, 11) is 1.49. The number of hydrogen-bond donors (Lipinski definition) is 1. The number of rotatable bonds is 5. The molecule has 0 aromatic heterocycles. The zero-order chi connectivity index (χ0) is 15.4. The monoisotopic (exact) mass is 292 g/mol. The van der Waals surface area contributed by atoms with Crippen molar-refractivity contribution in [3.8, 4) is 5.75 Å². The van der Waals surface area contributed by atoms with Crippen molar-refractivity contribution >= 4 is 23.3 Å². The lowest BCUT2D eigenvalue weighted by Gasteiger charge is -2.21. The van der Waals surface area contributed by atoms with Crippen molar-refractivity contribution in [2.24, 2.45) is 5.10 Å². The third kappa shape index (κ3) is 2.96. The molecule has 1 aliphatic heterocycles. The van der Waals surface area contributed by atoms with Crippen molar-refractivity contribution in [3.05, 3.63) is 24.3 Å². The van der Waals surface area contributed by atoms with Gasteiger partial charge in [0.1, 0.15) is 17.1 Å². The zero-order valence-corrected chi connectivity index (χ0v) is 11.8. The molecule has 2 rings (SSSR count). The van der Waals surface area contributed by atoms with E-state index in [1.807, 2.05) is 0 Å². The van der Waals surface area contributed by atoms with Gasteiger partial charge in [0.2, 0.25) is 0 Å². The molecular formula is C14H16N2O5. The summed E-state index contributed by atoms with van der Waals surface area (Å²) in [5.41, 5.74) is 0.585. The number of anilines is 1.